The standard InChI is InChI=1S/C17H9ClN2O5/c18-17-16(24)19(10-6-2-1-3-7-10)12-9-5-4-8-11(12)13(21)20(17)14(22)15(23)25-17/h1-9H. The van der Waals surface area contributed by atoms with Crippen molar-refractivity contribution in [1.29, 1.82) is 0 Å². The molecule has 2 aliphatic rings. The van der Waals surface area contributed by atoms with E-state index in [0.29, 0.717) is 10.6 Å². The van der Waals surface area contributed by atoms with Crippen LogP contribution in [0.1, 0.15) is 10.4 Å². The Kier molecular flexibility index (Phi) is 3.16. The molecule has 1 fully saturated rings. The molecule has 124 valence electrons. The van der Waals surface area contributed by atoms with Crippen molar-refractivity contribution >= 4 is 46.7 Å². The van der Waals surface area contributed by atoms with E-state index in [0.717, 1.165) is 4.90 Å². The number of nitrogens with zero attached hydrogens (tertiary/aromatic N) is 2. The van der Waals surface area contributed by atoms with E-state index >= 15 is 0 Å². The van der Waals surface area contributed by atoms with Crippen LogP contribution in [0.4, 0.5) is 11.4 Å². The smallest absolute Gasteiger partial charge is 0.401 e. The molecule has 8 heteroatoms. The second-order valence-corrected chi connectivity index (χ2v) is 5.90. The minimum absolute atomic E-state index is 0.0499. The first-order valence-electron chi connectivity index (χ1n) is 7.24. The molecule has 0 saturated carbocycles. The number of fused-ring (bicyclic) bond motifs is 2. The van der Waals surface area contributed by atoms with Gasteiger partial charge in [0.1, 0.15) is 0 Å². The van der Waals surface area contributed by atoms with Crippen molar-refractivity contribution in [3.63, 3.8) is 0 Å². The Hall–Kier alpha value is -3.19. The Balaban J connectivity index is 2.02. The molecule has 1 unspecified atom stereocenters. The largest absolute Gasteiger partial charge is 0.407 e. The number of imide groups is 1. The fourth-order valence-corrected chi connectivity index (χ4v) is 3.15. The summed E-state index contributed by atoms with van der Waals surface area (Å²) < 4.78 is 4.80. The van der Waals surface area contributed by atoms with Gasteiger partial charge in [0.25, 0.3) is 5.91 Å². The fraction of sp³-hybridized carbons (Fsp3) is 0.0588. The lowest BCUT2D eigenvalue weighted by Gasteiger charge is -2.28. The quantitative estimate of drug-likeness (QED) is 0.256. The maximum atomic E-state index is 13.1. The highest BCUT2D eigenvalue weighted by Gasteiger charge is 2.64. The number of hydrogen-bond donors (Lipinski definition) is 0. The third-order valence-electron chi connectivity index (χ3n) is 3.95. The highest BCUT2D eigenvalue weighted by molar-refractivity contribution is 6.49. The number of alkyl halides is 1. The number of halogens is 1. The summed E-state index contributed by atoms with van der Waals surface area (Å²) in [6.07, 6.45) is 0. The van der Waals surface area contributed by atoms with Crippen molar-refractivity contribution in [2.75, 3.05) is 4.90 Å². The molecule has 4 rings (SSSR count). The Bertz CT molecular complexity index is 945. The van der Waals surface area contributed by atoms with E-state index in [1.165, 1.54) is 6.07 Å². The van der Waals surface area contributed by atoms with Crippen molar-refractivity contribution in [3.05, 3.63) is 60.2 Å². The van der Waals surface area contributed by atoms with Crippen LogP contribution < -0.4 is 4.90 Å². The maximum absolute atomic E-state index is 13.1. The van der Waals surface area contributed by atoms with Gasteiger partial charge in [-0.05, 0) is 35.9 Å². The number of carbonyl (C=O) groups is 4. The van der Waals surface area contributed by atoms with Gasteiger partial charge in [-0.15, -0.1) is 0 Å². The maximum Gasteiger partial charge on any atom is 0.401 e. The van der Waals surface area contributed by atoms with Crippen molar-refractivity contribution in [1.82, 2.24) is 4.90 Å². The molecular weight excluding hydrogens is 348 g/mol. The SMILES string of the molecule is O=C1OC2(Cl)C(=O)N(c3ccccc3)c3ccccc3C(=O)N2C1=O. The minimum atomic E-state index is -2.56. The lowest BCUT2D eigenvalue weighted by Crippen LogP contribution is -2.53. The van der Waals surface area contributed by atoms with Crippen LogP contribution in [0.3, 0.4) is 0 Å². The molecule has 1 saturated heterocycles. The lowest BCUT2D eigenvalue weighted by molar-refractivity contribution is -0.154. The molecule has 0 aliphatic carbocycles. The third kappa shape index (κ3) is 1.99. The van der Waals surface area contributed by atoms with Crippen molar-refractivity contribution in [2.24, 2.45) is 0 Å². The molecule has 0 N–H and O–H groups in total. The van der Waals surface area contributed by atoms with Gasteiger partial charge in [0, 0.05) is 5.69 Å². The fourth-order valence-electron chi connectivity index (χ4n) is 2.85. The predicted octanol–water partition coefficient (Wildman–Crippen LogP) is 1.78. The summed E-state index contributed by atoms with van der Waals surface area (Å²) in [5.74, 6) is -4.45. The van der Waals surface area contributed by atoms with Crippen molar-refractivity contribution < 1.29 is 23.9 Å². The number of para-hydroxylation sites is 2. The Morgan fingerprint density at radius 3 is 2.20 bits per heavy atom. The third-order valence-corrected chi connectivity index (χ3v) is 4.36. The summed E-state index contributed by atoms with van der Waals surface area (Å²) in [6.45, 7) is 0. The normalized spacial score (nSPS) is 22.4. The van der Waals surface area contributed by atoms with E-state index < -0.39 is 28.9 Å². The van der Waals surface area contributed by atoms with Crippen LogP contribution in [0.25, 0.3) is 0 Å². The summed E-state index contributed by atoms with van der Waals surface area (Å²) in [5.41, 5.74) is 0.695. The molecule has 25 heavy (non-hydrogen) atoms. The second kappa shape index (κ2) is 5.15. The molecule has 2 aromatic carbocycles. The van der Waals surface area contributed by atoms with Crippen LogP contribution in [0.2, 0.25) is 0 Å². The number of rotatable bonds is 1. The molecule has 0 radical (unpaired) electrons. The van der Waals surface area contributed by atoms with Crippen LogP contribution in [-0.4, -0.2) is 33.8 Å². The van der Waals surface area contributed by atoms with Crippen LogP contribution in [-0.2, 0) is 19.1 Å². The molecule has 0 spiro atoms. The first-order valence-corrected chi connectivity index (χ1v) is 7.62. The predicted molar refractivity (Wildman–Crippen MR) is 85.9 cm³/mol. The first kappa shape index (κ1) is 15.3. The van der Waals surface area contributed by atoms with E-state index in [9.17, 15) is 19.2 Å². The number of anilines is 2. The van der Waals surface area contributed by atoms with Gasteiger partial charge in [0.2, 0.25) is 0 Å². The highest BCUT2D eigenvalue weighted by atomic mass is 35.5. The van der Waals surface area contributed by atoms with Gasteiger partial charge in [-0.2, -0.15) is 0 Å². The van der Waals surface area contributed by atoms with Crippen LogP contribution in [0.5, 0.6) is 0 Å². The zero-order valence-electron chi connectivity index (χ0n) is 12.5. The molecule has 0 aromatic heterocycles. The zero-order chi connectivity index (χ0) is 17.8. The minimum Gasteiger partial charge on any atom is -0.407 e. The van der Waals surface area contributed by atoms with Gasteiger partial charge >= 0.3 is 23.0 Å². The number of amides is 3. The summed E-state index contributed by atoms with van der Waals surface area (Å²) in [5, 5.41) is -2.56. The van der Waals surface area contributed by atoms with E-state index in [-0.39, 0.29) is 11.3 Å². The summed E-state index contributed by atoms with van der Waals surface area (Å²) in [7, 11) is 0. The Labute approximate surface area is 146 Å². The summed E-state index contributed by atoms with van der Waals surface area (Å²) in [4.78, 5) is 51.2. The van der Waals surface area contributed by atoms with Crippen LogP contribution in [0.15, 0.2) is 54.6 Å². The monoisotopic (exact) mass is 356 g/mol. The van der Waals surface area contributed by atoms with Gasteiger partial charge in [-0.3, -0.25) is 19.3 Å². The molecule has 2 aromatic rings. The van der Waals surface area contributed by atoms with Gasteiger partial charge in [0.15, 0.2) is 0 Å². The first-order chi connectivity index (χ1) is 11.9. The molecule has 7 nitrogen and oxygen atoms in total. The molecule has 3 amide bonds. The van der Waals surface area contributed by atoms with E-state index in [1.807, 2.05) is 0 Å². The van der Waals surface area contributed by atoms with E-state index in [1.54, 1.807) is 48.5 Å². The van der Waals surface area contributed by atoms with Gasteiger partial charge in [0.05, 0.1) is 11.3 Å². The number of esters is 1. The molecule has 1 atom stereocenters. The van der Waals surface area contributed by atoms with E-state index in [4.69, 9.17) is 16.3 Å². The molecular formula is C17H9ClN2O5. The van der Waals surface area contributed by atoms with Gasteiger partial charge < -0.3 is 4.74 Å². The Morgan fingerprint density at radius 2 is 1.48 bits per heavy atom. The molecule has 2 aliphatic heterocycles. The van der Waals surface area contributed by atoms with Crippen LogP contribution >= 0.6 is 11.6 Å². The number of benzene rings is 2. The topological polar surface area (TPSA) is 84.0 Å². The van der Waals surface area contributed by atoms with Crippen molar-refractivity contribution in [3.8, 4) is 0 Å². The van der Waals surface area contributed by atoms with E-state index in [2.05, 4.69) is 0 Å². The van der Waals surface area contributed by atoms with Gasteiger partial charge in [-0.25, -0.2) is 9.69 Å². The van der Waals surface area contributed by atoms with Gasteiger partial charge in [-0.1, -0.05) is 30.3 Å². The summed E-state index contributed by atoms with van der Waals surface area (Å²) in [6, 6.07) is 14.6. The number of hydrogen-bond acceptors (Lipinski definition) is 5. The zero-order valence-corrected chi connectivity index (χ0v) is 13.3. The van der Waals surface area contributed by atoms with Crippen LogP contribution in [0, 0.1) is 0 Å². The van der Waals surface area contributed by atoms with Crippen molar-refractivity contribution in [2.45, 2.75) is 5.18 Å². The highest BCUT2D eigenvalue weighted by Crippen LogP contribution is 2.42. The average Bonchev–Trinajstić information content (AvgIpc) is 2.82. The molecule has 2 heterocycles. The Morgan fingerprint density at radius 1 is 0.840 bits per heavy atom. The number of ether oxygens (including phenoxy) is 1. The number of carbonyl (C=O) groups excluding carboxylic acids is 4. The molecule has 0 bridgehead atoms. The lowest BCUT2D eigenvalue weighted by atomic mass is 10.1. The average molecular weight is 357 g/mol. The second-order valence-electron chi connectivity index (χ2n) is 5.39. The summed E-state index contributed by atoms with van der Waals surface area (Å²) >= 11 is 6.20.